The van der Waals surface area contributed by atoms with Crippen molar-refractivity contribution in [1.29, 1.82) is 0 Å². The molecule has 0 saturated carbocycles. The van der Waals surface area contributed by atoms with Gasteiger partial charge in [-0.15, -0.1) is 0 Å². The van der Waals surface area contributed by atoms with Gasteiger partial charge in [0.2, 0.25) is 5.91 Å². The molecule has 2 saturated heterocycles. The summed E-state index contributed by atoms with van der Waals surface area (Å²) in [4.78, 5) is 16.6. The van der Waals surface area contributed by atoms with Crippen LogP contribution in [0, 0.1) is 5.92 Å². The van der Waals surface area contributed by atoms with Crippen molar-refractivity contribution in [3.8, 4) is 0 Å². The van der Waals surface area contributed by atoms with Crippen molar-refractivity contribution < 1.29 is 4.79 Å². The topological polar surface area (TPSA) is 35.6 Å². The number of nitrogens with zero attached hydrogens (tertiary/aromatic N) is 2. The van der Waals surface area contributed by atoms with Crippen molar-refractivity contribution >= 4 is 5.91 Å². The minimum Gasteiger partial charge on any atom is -0.356 e. The quantitative estimate of drug-likeness (QED) is 0.711. The molecule has 0 aromatic rings. The van der Waals surface area contributed by atoms with Crippen LogP contribution in [-0.2, 0) is 4.79 Å². The van der Waals surface area contributed by atoms with Crippen molar-refractivity contribution in [3.05, 3.63) is 0 Å². The average molecular weight is 239 g/mol. The van der Waals surface area contributed by atoms with E-state index in [1.165, 1.54) is 19.5 Å². The zero-order valence-electron chi connectivity index (χ0n) is 11.0. The zero-order valence-corrected chi connectivity index (χ0v) is 11.0. The zero-order chi connectivity index (χ0) is 12.1. The van der Waals surface area contributed by atoms with Gasteiger partial charge in [0, 0.05) is 12.5 Å². The molecule has 4 nitrogen and oxygen atoms in total. The van der Waals surface area contributed by atoms with Crippen molar-refractivity contribution in [3.63, 3.8) is 0 Å². The van der Waals surface area contributed by atoms with Crippen LogP contribution in [0.25, 0.3) is 0 Å². The summed E-state index contributed by atoms with van der Waals surface area (Å²) in [5, 5.41) is 3.09. The highest BCUT2D eigenvalue weighted by atomic mass is 16.1. The van der Waals surface area contributed by atoms with E-state index in [4.69, 9.17) is 0 Å². The van der Waals surface area contributed by atoms with Gasteiger partial charge >= 0.3 is 0 Å². The van der Waals surface area contributed by atoms with E-state index in [1.54, 1.807) is 0 Å². The summed E-state index contributed by atoms with van der Waals surface area (Å²) >= 11 is 0. The van der Waals surface area contributed by atoms with E-state index in [-0.39, 0.29) is 11.8 Å². The SMILES string of the molecule is CN1CCC(C(=O)NCCCN2CCC2)CC1. The van der Waals surface area contributed by atoms with E-state index >= 15 is 0 Å². The van der Waals surface area contributed by atoms with Gasteiger partial charge in [-0.3, -0.25) is 4.79 Å². The van der Waals surface area contributed by atoms with Gasteiger partial charge in [0.25, 0.3) is 0 Å². The predicted octanol–water partition coefficient (Wildman–Crippen LogP) is 0.540. The molecule has 0 unspecified atom stereocenters. The number of carbonyl (C=O) groups is 1. The van der Waals surface area contributed by atoms with Crippen molar-refractivity contribution in [2.45, 2.75) is 25.7 Å². The lowest BCUT2D eigenvalue weighted by atomic mass is 9.96. The molecule has 2 aliphatic heterocycles. The van der Waals surface area contributed by atoms with E-state index in [1.807, 2.05) is 0 Å². The maximum Gasteiger partial charge on any atom is 0.223 e. The van der Waals surface area contributed by atoms with Gasteiger partial charge in [0.05, 0.1) is 0 Å². The molecule has 0 aromatic carbocycles. The highest BCUT2D eigenvalue weighted by Gasteiger charge is 2.22. The summed E-state index contributed by atoms with van der Waals surface area (Å²) in [5.74, 6) is 0.539. The van der Waals surface area contributed by atoms with Gasteiger partial charge in [0.15, 0.2) is 0 Å². The summed E-state index contributed by atoms with van der Waals surface area (Å²) in [7, 11) is 2.13. The molecule has 0 radical (unpaired) electrons. The van der Waals surface area contributed by atoms with Crippen molar-refractivity contribution in [1.82, 2.24) is 15.1 Å². The monoisotopic (exact) mass is 239 g/mol. The maximum absolute atomic E-state index is 11.9. The minimum absolute atomic E-state index is 0.259. The summed E-state index contributed by atoms with van der Waals surface area (Å²) in [6, 6.07) is 0. The van der Waals surface area contributed by atoms with Crippen LogP contribution in [0.15, 0.2) is 0 Å². The maximum atomic E-state index is 11.9. The Balaban J connectivity index is 1.53. The van der Waals surface area contributed by atoms with E-state index in [0.29, 0.717) is 0 Å². The molecule has 2 aliphatic rings. The molecular formula is C13H25N3O. The van der Waals surface area contributed by atoms with Gasteiger partial charge in [-0.25, -0.2) is 0 Å². The average Bonchev–Trinajstić information content (AvgIpc) is 2.27. The molecule has 2 fully saturated rings. The first-order valence-electron chi connectivity index (χ1n) is 6.94. The fraction of sp³-hybridized carbons (Fsp3) is 0.923. The lowest BCUT2D eigenvalue weighted by Crippen LogP contribution is -2.41. The van der Waals surface area contributed by atoms with Crippen LogP contribution in [0.4, 0.5) is 0 Å². The Morgan fingerprint density at radius 3 is 2.53 bits per heavy atom. The Kier molecular flexibility index (Phi) is 4.80. The molecule has 0 aromatic heterocycles. The Morgan fingerprint density at radius 1 is 1.24 bits per heavy atom. The Morgan fingerprint density at radius 2 is 1.94 bits per heavy atom. The Bertz CT molecular complexity index is 245. The second kappa shape index (κ2) is 6.36. The molecule has 1 amide bonds. The van der Waals surface area contributed by atoms with Crippen molar-refractivity contribution in [2.75, 3.05) is 46.3 Å². The van der Waals surface area contributed by atoms with Crippen LogP contribution in [0.2, 0.25) is 0 Å². The molecule has 0 bridgehead atoms. The van der Waals surface area contributed by atoms with E-state index < -0.39 is 0 Å². The molecule has 2 heterocycles. The third-order valence-electron chi connectivity index (χ3n) is 3.99. The second-order valence-corrected chi connectivity index (χ2v) is 5.42. The first kappa shape index (κ1) is 12.8. The molecule has 1 N–H and O–H groups in total. The summed E-state index contributed by atoms with van der Waals surface area (Å²) < 4.78 is 0. The van der Waals surface area contributed by atoms with Crippen LogP contribution < -0.4 is 5.32 Å². The number of nitrogens with one attached hydrogen (secondary N) is 1. The molecule has 4 heteroatoms. The number of hydrogen-bond donors (Lipinski definition) is 1. The number of hydrogen-bond acceptors (Lipinski definition) is 3. The highest BCUT2D eigenvalue weighted by molar-refractivity contribution is 5.78. The first-order valence-corrected chi connectivity index (χ1v) is 6.94. The summed E-state index contributed by atoms with van der Waals surface area (Å²) in [6.07, 6.45) is 4.49. The number of rotatable bonds is 5. The van der Waals surface area contributed by atoms with Crippen LogP contribution in [0.5, 0.6) is 0 Å². The third-order valence-corrected chi connectivity index (χ3v) is 3.99. The fourth-order valence-corrected chi connectivity index (χ4v) is 2.53. The molecular weight excluding hydrogens is 214 g/mol. The van der Waals surface area contributed by atoms with E-state index in [0.717, 1.165) is 45.4 Å². The van der Waals surface area contributed by atoms with Crippen LogP contribution >= 0.6 is 0 Å². The van der Waals surface area contributed by atoms with Gasteiger partial charge < -0.3 is 15.1 Å². The molecule has 98 valence electrons. The standard InChI is InChI=1S/C13H25N3O/c1-15-10-4-12(5-11-15)13(17)14-6-2-7-16-8-3-9-16/h12H,2-11H2,1H3,(H,14,17). The second-order valence-electron chi connectivity index (χ2n) is 5.42. The van der Waals surface area contributed by atoms with Crippen LogP contribution in [0.1, 0.15) is 25.7 Å². The smallest absolute Gasteiger partial charge is 0.223 e. The Labute approximate surface area is 104 Å². The lowest BCUT2D eigenvalue weighted by molar-refractivity contribution is -0.126. The first-order chi connectivity index (χ1) is 8.25. The number of piperidine rings is 1. The summed E-state index contributed by atoms with van der Waals surface area (Å²) in [6.45, 7) is 6.62. The molecule has 2 rings (SSSR count). The largest absolute Gasteiger partial charge is 0.356 e. The van der Waals surface area contributed by atoms with Gasteiger partial charge in [-0.2, -0.15) is 0 Å². The van der Waals surface area contributed by atoms with Gasteiger partial charge in [0.1, 0.15) is 0 Å². The Hall–Kier alpha value is -0.610. The molecule has 0 atom stereocenters. The van der Waals surface area contributed by atoms with Crippen LogP contribution in [-0.4, -0.2) is 62.0 Å². The van der Waals surface area contributed by atoms with Gasteiger partial charge in [-0.1, -0.05) is 0 Å². The fourth-order valence-electron chi connectivity index (χ4n) is 2.53. The number of likely N-dealkylation sites (tertiary alicyclic amines) is 2. The number of carbonyl (C=O) groups excluding carboxylic acids is 1. The molecule has 0 spiro atoms. The molecule has 0 aliphatic carbocycles. The minimum atomic E-state index is 0.259. The summed E-state index contributed by atoms with van der Waals surface area (Å²) in [5.41, 5.74) is 0. The van der Waals surface area contributed by atoms with Gasteiger partial charge in [-0.05, 0) is 65.5 Å². The molecule has 17 heavy (non-hydrogen) atoms. The normalized spacial score (nSPS) is 23.4. The predicted molar refractivity (Wildman–Crippen MR) is 68.9 cm³/mol. The lowest BCUT2D eigenvalue weighted by Gasteiger charge is -2.31. The highest BCUT2D eigenvalue weighted by Crippen LogP contribution is 2.15. The van der Waals surface area contributed by atoms with Crippen LogP contribution in [0.3, 0.4) is 0 Å². The van der Waals surface area contributed by atoms with E-state index in [9.17, 15) is 4.79 Å². The number of amides is 1. The van der Waals surface area contributed by atoms with E-state index in [2.05, 4.69) is 22.2 Å². The van der Waals surface area contributed by atoms with Crippen molar-refractivity contribution in [2.24, 2.45) is 5.92 Å². The third kappa shape index (κ3) is 3.96.